The number of rotatable bonds is 4. The zero-order chi connectivity index (χ0) is 16.5. The van der Waals surface area contributed by atoms with Gasteiger partial charge in [0.05, 0.1) is 0 Å². The van der Waals surface area contributed by atoms with Crippen LogP contribution in [0, 0.1) is 6.92 Å². The second kappa shape index (κ2) is 5.96. The third-order valence-electron chi connectivity index (χ3n) is 4.41. The van der Waals surface area contributed by atoms with Gasteiger partial charge in [-0.15, -0.1) is 0 Å². The van der Waals surface area contributed by atoms with E-state index in [9.17, 15) is 0 Å². The van der Waals surface area contributed by atoms with Gasteiger partial charge in [0.25, 0.3) is 0 Å². The number of fused-ring (bicyclic) bond motifs is 3. The fourth-order valence-electron chi connectivity index (χ4n) is 3.17. The molecule has 0 saturated heterocycles. The molecule has 4 heteroatoms. The number of aromatic nitrogens is 3. The number of aromatic amines is 1. The molecule has 1 N–H and O–H groups in total. The second-order valence-electron chi connectivity index (χ2n) is 6.09. The first kappa shape index (κ1) is 14.7. The first-order valence-corrected chi connectivity index (χ1v) is 8.28. The molecule has 0 atom stereocenters. The van der Waals surface area contributed by atoms with E-state index >= 15 is 0 Å². The minimum atomic E-state index is 0.831. The van der Waals surface area contributed by atoms with Crippen molar-refractivity contribution in [3.63, 3.8) is 0 Å². The lowest BCUT2D eigenvalue weighted by Gasteiger charge is -2.22. The van der Waals surface area contributed by atoms with Crippen LogP contribution in [0.5, 0.6) is 0 Å². The minimum absolute atomic E-state index is 0.831. The van der Waals surface area contributed by atoms with Crippen LogP contribution in [0.3, 0.4) is 0 Å². The molecule has 0 unspecified atom stereocenters. The van der Waals surface area contributed by atoms with E-state index in [0.717, 1.165) is 40.8 Å². The molecule has 0 aliphatic rings. The Hall–Kier alpha value is -2.88. The number of benzene rings is 2. The molecule has 0 aliphatic heterocycles. The number of H-pyrrole nitrogens is 1. The van der Waals surface area contributed by atoms with Gasteiger partial charge in [-0.3, -0.25) is 0 Å². The first-order chi connectivity index (χ1) is 11.8. The van der Waals surface area contributed by atoms with Gasteiger partial charge in [-0.05, 0) is 31.5 Å². The zero-order valence-electron chi connectivity index (χ0n) is 14.0. The van der Waals surface area contributed by atoms with Crippen molar-refractivity contribution in [1.29, 1.82) is 0 Å². The molecule has 0 amide bonds. The highest BCUT2D eigenvalue weighted by Gasteiger charge is 2.15. The van der Waals surface area contributed by atoms with Crippen LogP contribution in [0.4, 0.5) is 5.82 Å². The number of aryl methyl sites for hydroxylation is 1. The highest BCUT2D eigenvalue weighted by Crippen LogP contribution is 2.30. The quantitative estimate of drug-likeness (QED) is 0.605. The van der Waals surface area contributed by atoms with E-state index in [1.807, 2.05) is 6.07 Å². The van der Waals surface area contributed by atoms with Crippen LogP contribution in [0.1, 0.15) is 18.1 Å². The van der Waals surface area contributed by atoms with Crippen molar-refractivity contribution in [3.8, 4) is 0 Å². The van der Waals surface area contributed by atoms with Crippen molar-refractivity contribution in [2.45, 2.75) is 20.4 Å². The molecule has 2 aromatic heterocycles. The fraction of sp³-hybridized carbons (Fsp3) is 0.200. The molecule has 0 bridgehead atoms. The summed E-state index contributed by atoms with van der Waals surface area (Å²) >= 11 is 0. The summed E-state index contributed by atoms with van der Waals surface area (Å²) in [7, 11) is 0. The number of hydrogen-bond donors (Lipinski definition) is 1. The van der Waals surface area contributed by atoms with Crippen LogP contribution >= 0.6 is 0 Å². The summed E-state index contributed by atoms with van der Waals surface area (Å²) in [6.07, 6.45) is 1.67. The standard InChI is InChI=1S/C20H20N4/c1-3-24(12-15-7-5-4-6-8-15)20-19-18(21-13-22-20)16-11-14(2)9-10-17(16)23-19/h4-11,13,23H,3,12H2,1-2H3. The van der Waals surface area contributed by atoms with Crippen molar-refractivity contribution >= 4 is 27.8 Å². The van der Waals surface area contributed by atoms with E-state index in [2.05, 4.69) is 76.2 Å². The van der Waals surface area contributed by atoms with Gasteiger partial charge >= 0.3 is 0 Å². The molecule has 0 saturated carbocycles. The van der Waals surface area contributed by atoms with Gasteiger partial charge < -0.3 is 9.88 Å². The van der Waals surface area contributed by atoms with Crippen molar-refractivity contribution < 1.29 is 0 Å². The maximum Gasteiger partial charge on any atom is 0.156 e. The smallest absolute Gasteiger partial charge is 0.156 e. The molecule has 4 nitrogen and oxygen atoms in total. The average Bonchev–Trinajstić information content (AvgIpc) is 2.99. The Labute approximate surface area is 141 Å². The van der Waals surface area contributed by atoms with Crippen LogP contribution in [-0.2, 0) is 6.54 Å². The third kappa shape index (κ3) is 2.50. The molecular weight excluding hydrogens is 296 g/mol. The van der Waals surface area contributed by atoms with Crippen LogP contribution in [0.2, 0.25) is 0 Å². The van der Waals surface area contributed by atoms with Gasteiger partial charge in [-0.2, -0.15) is 0 Å². The number of nitrogens with zero attached hydrogens (tertiary/aromatic N) is 3. The molecule has 0 aliphatic carbocycles. The van der Waals surface area contributed by atoms with Crippen molar-refractivity contribution in [3.05, 3.63) is 66.0 Å². The molecule has 0 spiro atoms. The Morgan fingerprint density at radius 3 is 2.67 bits per heavy atom. The van der Waals surface area contributed by atoms with Gasteiger partial charge in [0.15, 0.2) is 5.82 Å². The summed E-state index contributed by atoms with van der Waals surface area (Å²) in [5, 5.41) is 1.16. The molecule has 0 radical (unpaired) electrons. The maximum atomic E-state index is 4.58. The van der Waals surface area contributed by atoms with E-state index in [1.165, 1.54) is 11.1 Å². The second-order valence-corrected chi connectivity index (χ2v) is 6.09. The molecule has 2 heterocycles. The molecule has 4 aromatic rings. The van der Waals surface area contributed by atoms with Crippen molar-refractivity contribution in [1.82, 2.24) is 15.0 Å². The fourth-order valence-corrected chi connectivity index (χ4v) is 3.17. The molecular formula is C20H20N4. The van der Waals surface area contributed by atoms with Crippen LogP contribution in [0.25, 0.3) is 21.9 Å². The van der Waals surface area contributed by atoms with E-state index in [4.69, 9.17) is 0 Å². The predicted octanol–water partition coefficient (Wildman–Crippen LogP) is 4.45. The Kier molecular flexibility index (Phi) is 3.65. The van der Waals surface area contributed by atoms with Crippen LogP contribution in [-0.4, -0.2) is 21.5 Å². The van der Waals surface area contributed by atoms with Crippen LogP contribution < -0.4 is 4.90 Å². The summed E-state index contributed by atoms with van der Waals surface area (Å²) in [4.78, 5) is 14.9. The zero-order valence-corrected chi connectivity index (χ0v) is 14.0. The number of nitrogens with one attached hydrogen (secondary N) is 1. The lowest BCUT2D eigenvalue weighted by molar-refractivity contribution is 0.815. The van der Waals surface area contributed by atoms with E-state index in [1.54, 1.807) is 6.33 Å². The first-order valence-electron chi connectivity index (χ1n) is 8.28. The Balaban J connectivity index is 1.84. The molecule has 0 fully saturated rings. The summed E-state index contributed by atoms with van der Waals surface area (Å²) in [5.41, 5.74) is 5.62. The molecule has 120 valence electrons. The van der Waals surface area contributed by atoms with Crippen molar-refractivity contribution in [2.24, 2.45) is 0 Å². The van der Waals surface area contributed by atoms with E-state index < -0.39 is 0 Å². The average molecular weight is 316 g/mol. The lowest BCUT2D eigenvalue weighted by Crippen LogP contribution is -2.23. The number of hydrogen-bond acceptors (Lipinski definition) is 3. The summed E-state index contributed by atoms with van der Waals surface area (Å²) in [5.74, 6) is 0.959. The van der Waals surface area contributed by atoms with E-state index in [-0.39, 0.29) is 0 Å². The number of anilines is 1. The summed E-state index contributed by atoms with van der Waals surface area (Å²) in [6, 6.07) is 16.9. The highest BCUT2D eigenvalue weighted by molar-refractivity contribution is 6.08. The molecule has 2 aromatic carbocycles. The maximum absolute atomic E-state index is 4.58. The SMILES string of the molecule is CCN(Cc1ccccc1)c1ncnc2c1[nH]c1ccc(C)cc12. The highest BCUT2D eigenvalue weighted by atomic mass is 15.2. The predicted molar refractivity (Wildman–Crippen MR) is 99.3 cm³/mol. The van der Waals surface area contributed by atoms with Gasteiger partial charge in [0, 0.05) is 24.0 Å². The van der Waals surface area contributed by atoms with Crippen LogP contribution in [0.15, 0.2) is 54.9 Å². The topological polar surface area (TPSA) is 44.8 Å². The third-order valence-corrected chi connectivity index (χ3v) is 4.41. The normalized spacial score (nSPS) is 11.2. The van der Waals surface area contributed by atoms with E-state index in [0.29, 0.717) is 0 Å². The van der Waals surface area contributed by atoms with Gasteiger partial charge in [0.2, 0.25) is 0 Å². The van der Waals surface area contributed by atoms with Gasteiger partial charge in [-0.1, -0.05) is 42.0 Å². The summed E-state index contributed by atoms with van der Waals surface area (Å²) in [6.45, 7) is 5.98. The lowest BCUT2D eigenvalue weighted by atomic mass is 10.1. The van der Waals surface area contributed by atoms with Gasteiger partial charge in [-0.25, -0.2) is 9.97 Å². The minimum Gasteiger partial charge on any atom is -0.351 e. The van der Waals surface area contributed by atoms with Gasteiger partial charge in [0.1, 0.15) is 17.4 Å². The Bertz CT molecular complexity index is 989. The molecule has 4 rings (SSSR count). The Morgan fingerprint density at radius 2 is 1.88 bits per heavy atom. The monoisotopic (exact) mass is 316 g/mol. The largest absolute Gasteiger partial charge is 0.351 e. The summed E-state index contributed by atoms with van der Waals surface area (Å²) < 4.78 is 0. The Morgan fingerprint density at radius 1 is 1.04 bits per heavy atom. The molecule has 24 heavy (non-hydrogen) atoms. The van der Waals surface area contributed by atoms with Crippen molar-refractivity contribution in [2.75, 3.05) is 11.4 Å².